The summed E-state index contributed by atoms with van der Waals surface area (Å²) in [5.41, 5.74) is -0.504. The van der Waals surface area contributed by atoms with E-state index in [1.165, 1.54) is 0 Å². The quantitative estimate of drug-likeness (QED) is 0.500. The van der Waals surface area contributed by atoms with E-state index in [-0.39, 0.29) is 0 Å². The molecular formula is C11H21O4. The fourth-order valence-electron chi connectivity index (χ4n) is 0.829. The van der Waals surface area contributed by atoms with E-state index < -0.39 is 17.7 Å². The summed E-state index contributed by atoms with van der Waals surface area (Å²) >= 11 is 0. The monoisotopic (exact) mass is 217 g/mol. The van der Waals surface area contributed by atoms with Gasteiger partial charge in [0.1, 0.15) is 5.60 Å². The van der Waals surface area contributed by atoms with E-state index >= 15 is 0 Å². The summed E-state index contributed by atoms with van der Waals surface area (Å²) in [5, 5.41) is 0. The molecule has 0 amide bonds. The Morgan fingerprint density at radius 1 is 1.33 bits per heavy atom. The number of rotatable bonds is 6. The molecule has 89 valence electrons. The fraction of sp³-hybridized carbons (Fsp3) is 0.818. The second-order valence-corrected chi connectivity index (χ2v) is 4.09. The molecule has 0 aromatic rings. The molecule has 0 saturated carbocycles. The van der Waals surface area contributed by atoms with E-state index in [1.807, 2.05) is 6.92 Å². The lowest BCUT2D eigenvalue weighted by Gasteiger charge is -2.22. The van der Waals surface area contributed by atoms with Gasteiger partial charge in [-0.05, 0) is 34.6 Å². The maximum atomic E-state index is 11.4. The van der Waals surface area contributed by atoms with E-state index in [2.05, 4.69) is 6.92 Å². The summed E-state index contributed by atoms with van der Waals surface area (Å²) < 4.78 is 15.3. The molecule has 0 aliphatic rings. The minimum atomic E-state index is -0.787. The zero-order valence-corrected chi connectivity index (χ0v) is 10.0. The molecule has 0 aromatic carbocycles. The first-order valence-electron chi connectivity index (χ1n) is 5.12. The summed E-state index contributed by atoms with van der Waals surface area (Å²) in [7, 11) is 0. The second-order valence-electron chi connectivity index (χ2n) is 4.09. The summed E-state index contributed by atoms with van der Waals surface area (Å²) in [4.78, 5) is 11.4. The third kappa shape index (κ3) is 8.39. The van der Waals surface area contributed by atoms with Gasteiger partial charge in [-0.25, -0.2) is 4.79 Å². The van der Waals surface area contributed by atoms with E-state index in [4.69, 9.17) is 14.2 Å². The highest BCUT2D eigenvalue weighted by Crippen LogP contribution is 2.09. The lowest BCUT2D eigenvalue weighted by Crippen LogP contribution is -2.32. The van der Waals surface area contributed by atoms with Crippen LogP contribution in [0, 0.1) is 6.92 Å². The van der Waals surface area contributed by atoms with Gasteiger partial charge in [0.25, 0.3) is 0 Å². The van der Waals surface area contributed by atoms with Gasteiger partial charge in [-0.15, -0.1) is 0 Å². The van der Waals surface area contributed by atoms with E-state index in [9.17, 15) is 4.79 Å². The van der Waals surface area contributed by atoms with Crippen LogP contribution < -0.4 is 0 Å². The van der Waals surface area contributed by atoms with E-state index in [0.29, 0.717) is 19.8 Å². The van der Waals surface area contributed by atoms with E-state index in [1.54, 1.807) is 20.8 Å². The van der Waals surface area contributed by atoms with Crippen molar-refractivity contribution in [2.75, 3.05) is 19.8 Å². The normalized spacial score (nSPS) is 13.7. The molecule has 0 bridgehead atoms. The van der Waals surface area contributed by atoms with E-state index in [0.717, 1.165) is 0 Å². The van der Waals surface area contributed by atoms with Gasteiger partial charge in [-0.1, -0.05) is 0 Å². The zero-order chi connectivity index (χ0) is 11.9. The Hall–Kier alpha value is -0.610. The summed E-state index contributed by atoms with van der Waals surface area (Å²) in [5.74, 6) is -0.445. The average Bonchev–Trinajstić information content (AvgIpc) is 2.09. The molecule has 1 unspecified atom stereocenters. The predicted octanol–water partition coefficient (Wildman–Crippen LogP) is 1.58. The summed E-state index contributed by atoms with van der Waals surface area (Å²) in [6.45, 7) is 12.3. The zero-order valence-electron chi connectivity index (χ0n) is 10.0. The molecule has 1 atom stereocenters. The van der Waals surface area contributed by atoms with Crippen molar-refractivity contribution in [1.29, 1.82) is 0 Å². The third-order valence-electron chi connectivity index (χ3n) is 1.42. The first kappa shape index (κ1) is 14.4. The van der Waals surface area contributed by atoms with Gasteiger partial charge in [0.15, 0.2) is 6.10 Å². The van der Waals surface area contributed by atoms with Crippen LogP contribution in [0.3, 0.4) is 0 Å². The molecule has 4 heteroatoms. The molecule has 0 aromatic heterocycles. The second kappa shape index (κ2) is 6.80. The third-order valence-corrected chi connectivity index (χ3v) is 1.42. The van der Waals surface area contributed by atoms with Crippen molar-refractivity contribution >= 4 is 5.97 Å². The van der Waals surface area contributed by atoms with Gasteiger partial charge < -0.3 is 14.2 Å². The molecule has 15 heavy (non-hydrogen) atoms. The minimum Gasteiger partial charge on any atom is -0.458 e. The molecule has 0 N–H and O–H groups in total. The minimum absolute atomic E-state index is 0.348. The van der Waals surface area contributed by atoms with Crippen LogP contribution in [0.5, 0.6) is 0 Å². The highest BCUT2D eigenvalue weighted by Gasteiger charge is 2.21. The Kier molecular flexibility index (Phi) is 6.52. The molecule has 0 aliphatic carbocycles. The standard InChI is InChI=1S/C11H21O4/c1-6-13-7-8-14-9(2)10(12)15-11(3,4)5/h9H,2,6-8H2,1,3-5H3. The van der Waals surface area contributed by atoms with Gasteiger partial charge in [0, 0.05) is 6.61 Å². The Morgan fingerprint density at radius 3 is 2.40 bits per heavy atom. The predicted molar refractivity (Wildman–Crippen MR) is 57.4 cm³/mol. The number of carbonyl (C=O) groups excluding carboxylic acids is 1. The summed E-state index contributed by atoms with van der Waals surface area (Å²) in [6, 6.07) is 0. The molecule has 4 nitrogen and oxygen atoms in total. The fourth-order valence-corrected chi connectivity index (χ4v) is 0.829. The Labute approximate surface area is 91.9 Å². The SMILES string of the molecule is [CH2]C(OCCOCC)C(=O)OC(C)(C)C. The molecule has 0 spiro atoms. The first-order chi connectivity index (χ1) is 6.87. The summed E-state index contributed by atoms with van der Waals surface area (Å²) in [6.07, 6.45) is -0.787. The van der Waals surface area contributed by atoms with Crippen molar-refractivity contribution in [3.8, 4) is 0 Å². The van der Waals surface area contributed by atoms with Crippen LogP contribution in [-0.4, -0.2) is 37.5 Å². The molecule has 1 radical (unpaired) electrons. The highest BCUT2D eigenvalue weighted by molar-refractivity contribution is 5.75. The van der Waals surface area contributed by atoms with Crippen LogP contribution in [0.2, 0.25) is 0 Å². The Balaban J connectivity index is 3.70. The maximum Gasteiger partial charge on any atom is 0.335 e. The van der Waals surface area contributed by atoms with Crippen molar-refractivity contribution in [3.05, 3.63) is 6.92 Å². The number of carbonyl (C=O) groups is 1. The van der Waals surface area contributed by atoms with Crippen molar-refractivity contribution < 1.29 is 19.0 Å². The molecule has 0 aliphatic heterocycles. The van der Waals surface area contributed by atoms with Crippen molar-refractivity contribution in [3.63, 3.8) is 0 Å². The Bertz CT molecular complexity index is 184. The van der Waals surface area contributed by atoms with Gasteiger partial charge in [-0.3, -0.25) is 0 Å². The Morgan fingerprint density at radius 2 is 1.93 bits per heavy atom. The van der Waals surface area contributed by atoms with Gasteiger partial charge in [0.05, 0.1) is 13.2 Å². The molecule has 0 heterocycles. The number of hydrogen-bond acceptors (Lipinski definition) is 4. The lowest BCUT2D eigenvalue weighted by molar-refractivity contribution is -0.166. The van der Waals surface area contributed by atoms with Crippen LogP contribution in [0.25, 0.3) is 0 Å². The lowest BCUT2D eigenvalue weighted by atomic mass is 10.2. The highest BCUT2D eigenvalue weighted by atomic mass is 16.6. The smallest absolute Gasteiger partial charge is 0.335 e. The number of ether oxygens (including phenoxy) is 3. The van der Waals surface area contributed by atoms with Crippen LogP contribution in [-0.2, 0) is 19.0 Å². The number of esters is 1. The largest absolute Gasteiger partial charge is 0.458 e. The van der Waals surface area contributed by atoms with Crippen molar-refractivity contribution in [1.82, 2.24) is 0 Å². The van der Waals surface area contributed by atoms with Crippen LogP contribution in [0.4, 0.5) is 0 Å². The molecular weight excluding hydrogens is 196 g/mol. The number of hydrogen-bond donors (Lipinski definition) is 0. The van der Waals surface area contributed by atoms with Crippen molar-refractivity contribution in [2.45, 2.75) is 39.4 Å². The van der Waals surface area contributed by atoms with Gasteiger partial charge >= 0.3 is 5.97 Å². The first-order valence-corrected chi connectivity index (χ1v) is 5.12. The van der Waals surface area contributed by atoms with Crippen LogP contribution >= 0.6 is 0 Å². The molecule has 0 fully saturated rings. The van der Waals surface area contributed by atoms with Crippen LogP contribution in [0.15, 0.2) is 0 Å². The topological polar surface area (TPSA) is 44.8 Å². The average molecular weight is 217 g/mol. The maximum absolute atomic E-state index is 11.4. The van der Waals surface area contributed by atoms with Gasteiger partial charge in [0.2, 0.25) is 0 Å². The van der Waals surface area contributed by atoms with Gasteiger partial charge in [-0.2, -0.15) is 0 Å². The van der Waals surface area contributed by atoms with Crippen molar-refractivity contribution in [2.24, 2.45) is 0 Å². The molecule has 0 rings (SSSR count). The van der Waals surface area contributed by atoms with Crippen LogP contribution in [0.1, 0.15) is 27.7 Å². The molecule has 0 saturated heterocycles.